The summed E-state index contributed by atoms with van der Waals surface area (Å²) in [5, 5.41) is 9.07. The van der Waals surface area contributed by atoms with Crippen LogP contribution < -0.4 is 10.1 Å². The summed E-state index contributed by atoms with van der Waals surface area (Å²) in [5.74, 6) is 1.21. The van der Waals surface area contributed by atoms with Gasteiger partial charge < -0.3 is 10.1 Å². The van der Waals surface area contributed by atoms with Crippen molar-refractivity contribution in [2.24, 2.45) is 0 Å². The van der Waals surface area contributed by atoms with Crippen LogP contribution >= 0.6 is 11.8 Å². The Balaban J connectivity index is 1.63. The van der Waals surface area contributed by atoms with Crippen molar-refractivity contribution in [1.29, 1.82) is 0 Å². The van der Waals surface area contributed by atoms with E-state index >= 15 is 0 Å². The number of hydrogen-bond donors (Lipinski definition) is 1. The van der Waals surface area contributed by atoms with Gasteiger partial charge in [-0.25, -0.2) is 9.07 Å². The van der Waals surface area contributed by atoms with Crippen LogP contribution in [0, 0.1) is 19.7 Å². The number of nitrogens with zero attached hydrogens (tertiary/aromatic N) is 3. The van der Waals surface area contributed by atoms with Gasteiger partial charge >= 0.3 is 0 Å². The van der Waals surface area contributed by atoms with Gasteiger partial charge in [0.05, 0.1) is 5.70 Å². The number of hydrogen-bond acceptors (Lipinski definition) is 5. The number of benzene rings is 3. The summed E-state index contributed by atoms with van der Waals surface area (Å²) in [6.45, 7) is 4.15. The normalized spacial score (nSPS) is 18.5. The molecule has 0 aliphatic carbocycles. The molecule has 3 heterocycles. The highest BCUT2D eigenvalue weighted by Crippen LogP contribution is 2.51. The number of fused-ring (bicyclic) bond motifs is 3. The third-order valence-corrected chi connectivity index (χ3v) is 6.89. The monoisotopic (exact) mass is 470 g/mol. The molecule has 1 aromatic heterocycles. The molecule has 2 aliphatic heterocycles. The number of thioether (sulfide) groups is 1. The Morgan fingerprint density at radius 2 is 1.65 bits per heavy atom. The highest BCUT2D eigenvalue weighted by Gasteiger charge is 2.41. The molecule has 2 aliphatic rings. The second kappa shape index (κ2) is 8.02. The fraction of sp³-hybridized carbons (Fsp3) is 0.185. The maximum Gasteiger partial charge on any atom is 0.227 e. The molecule has 4 aromatic rings. The SMILES string of the molecule is CSc1nc2n(n1)[C@H](c1ccc(C)cc1)C1=C(N2)c2cc(C)ccc2O[C@H]1c1ccc(F)cc1. The van der Waals surface area contributed by atoms with Gasteiger partial charge in [-0.15, -0.1) is 5.10 Å². The van der Waals surface area contributed by atoms with E-state index in [4.69, 9.17) is 14.8 Å². The first-order valence-corrected chi connectivity index (χ1v) is 12.4. The number of rotatable bonds is 3. The van der Waals surface area contributed by atoms with Gasteiger partial charge in [-0.3, -0.25) is 0 Å². The predicted molar refractivity (Wildman–Crippen MR) is 133 cm³/mol. The number of aromatic nitrogens is 3. The Bertz CT molecular complexity index is 1430. The number of halogens is 1. The van der Waals surface area contributed by atoms with Crippen molar-refractivity contribution in [2.45, 2.75) is 31.1 Å². The summed E-state index contributed by atoms with van der Waals surface area (Å²) in [5.41, 5.74) is 7.28. The van der Waals surface area contributed by atoms with Crippen molar-refractivity contribution >= 4 is 23.4 Å². The number of nitrogens with one attached hydrogen (secondary N) is 1. The van der Waals surface area contributed by atoms with Crippen LogP contribution in [0.1, 0.15) is 40.0 Å². The van der Waals surface area contributed by atoms with Gasteiger partial charge in [0.2, 0.25) is 11.1 Å². The van der Waals surface area contributed by atoms with Crippen LogP contribution in [0.3, 0.4) is 0 Å². The van der Waals surface area contributed by atoms with Crippen LogP contribution in [-0.4, -0.2) is 21.0 Å². The summed E-state index contributed by atoms with van der Waals surface area (Å²) >= 11 is 1.51. The van der Waals surface area contributed by atoms with E-state index in [0.717, 1.165) is 39.3 Å². The zero-order valence-corrected chi connectivity index (χ0v) is 19.9. The lowest BCUT2D eigenvalue weighted by atomic mass is 9.84. The molecule has 0 radical (unpaired) electrons. The minimum Gasteiger partial charge on any atom is -0.480 e. The average Bonchev–Trinajstić information content (AvgIpc) is 3.27. The summed E-state index contributed by atoms with van der Waals surface area (Å²) in [6.07, 6.45) is 1.55. The van der Waals surface area contributed by atoms with E-state index in [0.29, 0.717) is 11.1 Å². The maximum absolute atomic E-state index is 13.8. The summed E-state index contributed by atoms with van der Waals surface area (Å²) < 4.78 is 22.4. The zero-order valence-electron chi connectivity index (χ0n) is 19.0. The molecule has 0 fully saturated rings. The minimum absolute atomic E-state index is 0.232. The molecule has 2 atom stereocenters. The largest absolute Gasteiger partial charge is 0.480 e. The van der Waals surface area contributed by atoms with Crippen molar-refractivity contribution in [3.05, 3.63) is 106 Å². The number of ether oxygens (including phenoxy) is 1. The van der Waals surface area contributed by atoms with E-state index < -0.39 is 6.10 Å². The maximum atomic E-state index is 13.8. The van der Waals surface area contributed by atoms with Crippen LogP contribution in [0.5, 0.6) is 5.75 Å². The molecular formula is C27H23FN4OS. The van der Waals surface area contributed by atoms with Crippen LogP contribution in [-0.2, 0) is 0 Å². The van der Waals surface area contributed by atoms with E-state index in [1.165, 1.54) is 29.5 Å². The van der Waals surface area contributed by atoms with Crippen LogP contribution in [0.15, 0.2) is 77.5 Å². The predicted octanol–water partition coefficient (Wildman–Crippen LogP) is 6.32. The molecule has 5 nitrogen and oxygen atoms in total. The Morgan fingerprint density at radius 3 is 2.38 bits per heavy atom. The van der Waals surface area contributed by atoms with Gasteiger partial charge in [0.15, 0.2) is 0 Å². The molecule has 6 rings (SSSR count). The first-order valence-electron chi connectivity index (χ1n) is 11.1. The van der Waals surface area contributed by atoms with Crippen molar-refractivity contribution in [2.75, 3.05) is 11.6 Å². The zero-order chi connectivity index (χ0) is 23.4. The standard InChI is InChI=1S/C27H23FN4OS/c1-15-4-7-17(8-5-15)24-22-23(29-26-30-27(34-3)31-32(24)26)20-14-16(2)6-13-21(20)33-25(22)18-9-11-19(28)12-10-18/h4-14,24-25H,1-3H3,(H,29,30,31)/t24-,25+/m1/s1. The highest BCUT2D eigenvalue weighted by atomic mass is 32.2. The minimum atomic E-state index is -0.417. The molecule has 0 saturated heterocycles. The van der Waals surface area contributed by atoms with E-state index in [2.05, 4.69) is 49.5 Å². The molecule has 3 aromatic carbocycles. The van der Waals surface area contributed by atoms with Crippen LogP contribution in [0.4, 0.5) is 10.3 Å². The van der Waals surface area contributed by atoms with Crippen molar-refractivity contribution in [3.8, 4) is 5.75 Å². The highest BCUT2D eigenvalue weighted by molar-refractivity contribution is 7.98. The molecule has 0 saturated carbocycles. The number of aryl methyl sites for hydroxylation is 2. The summed E-state index contributed by atoms with van der Waals surface area (Å²) in [7, 11) is 0. The average molecular weight is 471 g/mol. The first kappa shape index (κ1) is 21.0. The third-order valence-electron chi connectivity index (χ3n) is 6.36. The van der Waals surface area contributed by atoms with Gasteiger partial charge in [0, 0.05) is 11.1 Å². The fourth-order valence-electron chi connectivity index (χ4n) is 4.69. The van der Waals surface area contributed by atoms with Gasteiger partial charge in [0.1, 0.15) is 23.7 Å². The van der Waals surface area contributed by atoms with Crippen LogP contribution in [0.2, 0.25) is 0 Å². The number of anilines is 1. The van der Waals surface area contributed by atoms with Crippen LogP contribution in [0.25, 0.3) is 5.70 Å². The quantitative estimate of drug-likeness (QED) is 0.355. The molecule has 34 heavy (non-hydrogen) atoms. The van der Waals surface area contributed by atoms with E-state index in [1.807, 2.05) is 23.1 Å². The molecule has 7 heteroatoms. The molecule has 1 N–H and O–H groups in total. The molecule has 0 bridgehead atoms. The molecule has 0 amide bonds. The lowest BCUT2D eigenvalue weighted by molar-refractivity contribution is 0.222. The molecule has 170 valence electrons. The van der Waals surface area contributed by atoms with Gasteiger partial charge in [-0.05, 0) is 55.5 Å². The topological polar surface area (TPSA) is 52.0 Å². The molecular weight excluding hydrogens is 447 g/mol. The Morgan fingerprint density at radius 1 is 0.941 bits per heavy atom. The van der Waals surface area contributed by atoms with Gasteiger partial charge in [-0.2, -0.15) is 4.98 Å². The summed E-state index contributed by atoms with van der Waals surface area (Å²) in [6, 6.07) is 21.0. The Labute approximate surface area is 201 Å². The van der Waals surface area contributed by atoms with E-state index in [9.17, 15) is 4.39 Å². The second-order valence-corrected chi connectivity index (χ2v) is 9.46. The van der Waals surface area contributed by atoms with Crippen molar-refractivity contribution in [3.63, 3.8) is 0 Å². The van der Waals surface area contributed by atoms with E-state index in [1.54, 1.807) is 12.1 Å². The van der Waals surface area contributed by atoms with Crippen molar-refractivity contribution < 1.29 is 9.13 Å². The first-order chi connectivity index (χ1) is 16.5. The lowest BCUT2D eigenvalue weighted by Crippen LogP contribution is -2.32. The third kappa shape index (κ3) is 3.39. The van der Waals surface area contributed by atoms with Gasteiger partial charge in [-0.1, -0.05) is 65.4 Å². The second-order valence-electron chi connectivity index (χ2n) is 8.68. The summed E-state index contributed by atoms with van der Waals surface area (Å²) in [4.78, 5) is 4.74. The molecule has 0 spiro atoms. The fourth-order valence-corrected chi connectivity index (χ4v) is 5.04. The van der Waals surface area contributed by atoms with Gasteiger partial charge in [0.25, 0.3) is 0 Å². The smallest absolute Gasteiger partial charge is 0.227 e. The van der Waals surface area contributed by atoms with E-state index in [-0.39, 0.29) is 11.9 Å². The van der Waals surface area contributed by atoms with Crippen molar-refractivity contribution in [1.82, 2.24) is 14.8 Å². The Hall–Kier alpha value is -3.58. The molecule has 0 unspecified atom stereocenters. The lowest BCUT2D eigenvalue weighted by Gasteiger charge is -2.39. The Kier molecular flexibility index (Phi) is 4.95.